The highest BCUT2D eigenvalue weighted by atomic mass is 16.6. The number of hydrogen-bond donors (Lipinski definition) is 1. The molecule has 0 unspecified atom stereocenters. The molecule has 0 saturated carbocycles. The minimum atomic E-state index is -0.309. The Morgan fingerprint density at radius 1 is 1.03 bits per heavy atom. The lowest BCUT2D eigenvalue weighted by Crippen LogP contribution is -2.29. The summed E-state index contributed by atoms with van der Waals surface area (Å²) in [6.45, 7) is 15.5. The Morgan fingerprint density at radius 3 is 2.22 bits per heavy atom. The van der Waals surface area contributed by atoms with Crippen LogP contribution in [-0.4, -0.2) is 29.9 Å². The van der Waals surface area contributed by atoms with Gasteiger partial charge in [0.05, 0.1) is 6.10 Å². The highest BCUT2D eigenvalue weighted by Crippen LogP contribution is 2.41. The lowest BCUT2D eigenvalue weighted by Gasteiger charge is -2.34. The Bertz CT molecular complexity index is 1030. The molecule has 4 nitrogen and oxygen atoms in total. The van der Waals surface area contributed by atoms with Crippen LogP contribution in [-0.2, 0) is 21.4 Å². The van der Waals surface area contributed by atoms with Crippen molar-refractivity contribution in [1.82, 2.24) is 0 Å². The topological polar surface area (TPSA) is 55.8 Å². The molecule has 2 aromatic carbocycles. The predicted molar refractivity (Wildman–Crippen MR) is 147 cm³/mol. The second-order valence-corrected chi connectivity index (χ2v) is 11.6. The van der Waals surface area contributed by atoms with Crippen LogP contribution < -0.4 is 4.74 Å². The molecule has 0 bridgehead atoms. The van der Waals surface area contributed by atoms with E-state index >= 15 is 0 Å². The molecule has 3 rings (SSSR count). The molecule has 0 radical (unpaired) electrons. The van der Waals surface area contributed by atoms with E-state index in [1.165, 1.54) is 22.3 Å². The molecule has 0 amide bonds. The van der Waals surface area contributed by atoms with Crippen LogP contribution in [0.4, 0.5) is 0 Å². The molecule has 2 aromatic rings. The number of esters is 1. The highest BCUT2D eigenvalue weighted by molar-refractivity contribution is 5.70. The molecule has 1 fully saturated rings. The first-order chi connectivity index (χ1) is 17.0. The van der Waals surface area contributed by atoms with Gasteiger partial charge >= 0.3 is 5.97 Å². The maximum Gasteiger partial charge on any atom is 0.306 e. The van der Waals surface area contributed by atoms with Crippen LogP contribution in [0.15, 0.2) is 36.4 Å². The fourth-order valence-electron chi connectivity index (χ4n) is 5.42. The van der Waals surface area contributed by atoms with Gasteiger partial charge in [-0.25, -0.2) is 0 Å². The molecule has 0 aliphatic carbocycles. The number of aliphatic hydroxyl groups is 1. The molecule has 1 aliphatic rings. The molecule has 1 aliphatic heterocycles. The highest BCUT2D eigenvalue weighted by Gasteiger charge is 2.32. The third-order valence-electron chi connectivity index (χ3n) is 8.15. The number of aryl methyl sites for hydroxylation is 3. The van der Waals surface area contributed by atoms with Gasteiger partial charge in [-0.3, -0.25) is 4.79 Å². The van der Waals surface area contributed by atoms with Gasteiger partial charge in [0.2, 0.25) is 0 Å². The van der Waals surface area contributed by atoms with Crippen LogP contribution in [0, 0.1) is 19.3 Å². The largest absolute Gasteiger partial charge is 0.489 e. The van der Waals surface area contributed by atoms with Crippen LogP contribution in [0.1, 0.15) is 101 Å². The van der Waals surface area contributed by atoms with Gasteiger partial charge in [-0.2, -0.15) is 0 Å². The number of cyclic esters (lactones) is 1. The standard InChI is InChI=1S/C32H46O4/c1-8-32(9-2,25-15-13-24(22(3)19-25)14-18-29(33)31(5,6)7)26-16-17-28(23(4)20-26)35-21-27-11-10-12-30(34)36-27/h13,15-17,19-20,27,29,33H,8-12,14,18,21H2,1-7H3/t27-,29-/m0/s1. The average molecular weight is 495 g/mol. The van der Waals surface area contributed by atoms with E-state index in [0.29, 0.717) is 13.0 Å². The van der Waals surface area contributed by atoms with Gasteiger partial charge in [0.15, 0.2) is 0 Å². The fraction of sp³-hybridized carbons (Fsp3) is 0.594. The lowest BCUT2D eigenvalue weighted by atomic mass is 9.69. The van der Waals surface area contributed by atoms with Crippen molar-refractivity contribution < 1.29 is 19.4 Å². The molecule has 36 heavy (non-hydrogen) atoms. The maximum absolute atomic E-state index is 11.6. The lowest BCUT2D eigenvalue weighted by molar-refractivity contribution is -0.155. The summed E-state index contributed by atoms with van der Waals surface area (Å²) in [4.78, 5) is 11.6. The van der Waals surface area contributed by atoms with Gasteiger partial charge < -0.3 is 14.6 Å². The summed E-state index contributed by atoms with van der Waals surface area (Å²) in [6.07, 6.45) is 5.45. The third kappa shape index (κ3) is 6.51. The Balaban J connectivity index is 1.79. The van der Waals surface area contributed by atoms with Crippen LogP contribution in [0.5, 0.6) is 5.75 Å². The van der Waals surface area contributed by atoms with Crippen LogP contribution in [0.2, 0.25) is 0 Å². The van der Waals surface area contributed by atoms with E-state index in [1.54, 1.807) is 0 Å². The summed E-state index contributed by atoms with van der Waals surface area (Å²) < 4.78 is 11.5. The van der Waals surface area contributed by atoms with Gasteiger partial charge in [0.25, 0.3) is 0 Å². The third-order valence-corrected chi connectivity index (χ3v) is 8.15. The molecule has 1 heterocycles. The van der Waals surface area contributed by atoms with E-state index in [4.69, 9.17) is 9.47 Å². The number of hydrogen-bond acceptors (Lipinski definition) is 4. The Morgan fingerprint density at radius 2 is 1.67 bits per heavy atom. The Labute approximate surface area is 218 Å². The maximum atomic E-state index is 11.6. The van der Waals surface area contributed by atoms with Crippen molar-refractivity contribution in [2.24, 2.45) is 5.41 Å². The van der Waals surface area contributed by atoms with Crippen LogP contribution in [0.25, 0.3) is 0 Å². The van der Waals surface area contributed by atoms with Gasteiger partial charge in [0.1, 0.15) is 18.5 Å². The van der Waals surface area contributed by atoms with Crippen molar-refractivity contribution >= 4 is 5.97 Å². The number of benzene rings is 2. The van der Waals surface area contributed by atoms with Crippen molar-refractivity contribution in [3.63, 3.8) is 0 Å². The van der Waals surface area contributed by atoms with Crippen molar-refractivity contribution in [3.8, 4) is 5.75 Å². The van der Waals surface area contributed by atoms with Gasteiger partial charge in [-0.05, 0) is 91.7 Å². The zero-order chi connectivity index (χ0) is 26.5. The zero-order valence-corrected chi connectivity index (χ0v) is 23.4. The fourth-order valence-corrected chi connectivity index (χ4v) is 5.42. The van der Waals surface area contributed by atoms with E-state index in [1.807, 2.05) is 0 Å². The summed E-state index contributed by atoms with van der Waals surface area (Å²) in [5.41, 5.74) is 6.18. The van der Waals surface area contributed by atoms with Gasteiger partial charge in [-0.1, -0.05) is 65.0 Å². The van der Waals surface area contributed by atoms with E-state index < -0.39 is 0 Å². The summed E-state index contributed by atoms with van der Waals surface area (Å²) in [7, 11) is 0. The number of carbonyl (C=O) groups excluding carboxylic acids is 1. The summed E-state index contributed by atoms with van der Waals surface area (Å²) in [5, 5.41) is 10.5. The monoisotopic (exact) mass is 494 g/mol. The quantitative estimate of drug-likeness (QED) is 0.354. The number of aliphatic hydroxyl groups excluding tert-OH is 1. The van der Waals surface area contributed by atoms with E-state index in [2.05, 4.69) is 84.9 Å². The number of ether oxygens (including phenoxy) is 2. The minimum Gasteiger partial charge on any atom is -0.489 e. The van der Waals surface area contributed by atoms with Crippen molar-refractivity contribution in [3.05, 3.63) is 64.2 Å². The zero-order valence-electron chi connectivity index (χ0n) is 23.4. The summed E-state index contributed by atoms with van der Waals surface area (Å²) >= 11 is 0. The molecule has 4 heteroatoms. The summed E-state index contributed by atoms with van der Waals surface area (Å²) in [5.74, 6) is 0.731. The van der Waals surface area contributed by atoms with Crippen LogP contribution in [0.3, 0.4) is 0 Å². The average Bonchev–Trinajstić information content (AvgIpc) is 2.83. The molecule has 0 aromatic heterocycles. The van der Waals surface area contributed by atoms with Gasteiger partial charge in [0, 0.05) is 11.8 Å². The normalized spacial score (nSPS) is 17.6. The molecule has 1 saturated heterocycles. The molecule has 0 spiro atoms. The second kappa shape index (κ2) is 11.8. The Kier molecular flexibility index (Phi) is 9.27. The molecular weight excluding hydrogens is 448 g/mol. The minimum absolute atomic E-state index is 0.0730. The van der Waals surface area contributed by atoms with Gasteiger partial charge in [-0.15, -0.1) is 0 Å². The van der Waals surface area contributed by atoms with E-state index in [0.717, 1.165) is 49.8 Å². The SMILES string of the molecule is CCC(CC)(c1ccc(CC[C@H](O)C(C)(C)C)c(C)c1)c1ccc(OC[C@@H]2CCCC(=O)O2)c(C)c1. The first-order valence-corrected chi connectivity index (χ1v) is 13.7. The number of rotatable bonds is 10. The van der Waals surface area contributed by atoms with Crippen molar-refractivity contribution in [2.75, 3.05) is 6.61 Å². The smallest absolute Gasteiger partial charge is 0.306 e. The van der Waals surface area contributed by atoms with E-state index in [9.17, 15) is 9.90 Å². The molecule has 2 atom stereocenters. The predicted octanol–water partition coefficient (Wildman–Crippen LogP) is 7.22. The van der Waals surface area contributed by atoms with Crippen LogP contribution >= 0.6 is 0 Å². The first-order valence-electron chi connectivity index (χ1n) is 13.7. The van der Waals surface area contributed by atoms with E-state index in [-0.39, 0.29) is 29.0 Å². The number of carbonyl (C=O) groups is 1. The van der Waals surface area contributed by atoms with Crippen molar-refractivity contribution in [2.45, 2.75) is 111 Å². The van der Waals surface area contributed by atoms with Crippen molar-refractivity contribution in [1.29, 1.82) is 0 Å². The second-order valence-electron chi connectivity index (χ2n) is 11.6. The Hall–Kier alpha value is -2.33. The summed E-state index contributed by atoms with van der Waals surface area (Å²) in [6, 6.07) is 13.4. The first kappa shape index (κ1) is 28.2. The molecule has 1 N–H and O–H groups in total. The molecule has 198 valence electrons. The molecular formula is C32H46O4.